The fourth-order valence-corrected chi connectivity index (χ4v) is 2.44. The maximum absolute atomic E-state index is 12.1. The number of tetrazole rings is 1. The lowest BCUT2D eigenvalue weighted by Crippen LogP contribution is -2.49. The number of hydrogen-bond acceptors (Lipinski definition) is 6. The van der Waals surface area contributed by atoms with Gasteiger partial charge >= 0.3 is 0 Å². The van der Waals surface area contributed by atoms with Crippen molar-refractivity contribution in [2.24, 2.45) is 0 Å². The molecule has 28 heavy (non-hydrogen) atoms. The van der Waals surface area contributed by atoms with Crippen LogP contribution in [-0.4, -0.2) is 37.1 Å². The van der Waals surface area contributed by atoms with E-state index >= 15 is 0 Å². The van der Waals surface area contributed by atoms with E-state index in [1.54, 1.807) is 18.2 Å². The molecule has 0 spiro atoms. The molecular formula is C18H17N7O2S. The number of carbonyl (C=O) groups excluding carboxylic acids is 2. The van der Waals surface area contributed by atoms with Gasteiger partial charge < -0.3 is 0 Å². The summed E-state index contributed by atoms with van der Waals surface area (Å²) in [5.41, 5.74) is 7.06. The van der Waals surface area contributed by atoms with Crippen molar-refractivity contribution in [3.63, 3.8) is 0 Å². The molecule has 0 saturated carbocycles. The maximum atomic E-state index is 12.1. The Morgan fingerprint density at radius 2 is 1.86 bits per heavy atom. The number of nitrogens with zero attached hydrogens (tertiary/aromatic N) is 4. The van der Waals surface area contributed by atoms with Gasteiger partial charge in [-0.1, -0.05) is 48.0 Å². The van der Waals surface area contributed by atoms with Gasteiger partial charge in [-0.3, -0.25) is 25.8 Å². The monoisotopic (exact) mass is 395 g/mol. The number of amides is 2. The van der Waals surface area contributed by atoms with Crippen LogP contribution in [0.2, 0.25) is 0 Å². The largest absolute Gasteiger partial charge is 0.298 e. The average molecular weight is 395 g/mol. The lowest BCUT2D eigenvalue weighted by molar-refractivity contribution is -0.122. The fourth-order valence-electron chi connectivity index (χ4n) is 2.30. The zero-order chi connectivity index (χ0) is 19.9. The Morgan fingerprint density at radius 1 is 1.07 bits per heavy atom. The molecule has 0 atom stereocenters. The van der Waals surface area contributed by atoms with E-state index in [0.29, 0.717) is 11.4 Å². The summed E-state index contributed by atoms with van der Waals surface area (Å²) in [7, 11) is 0. The van der Waals surface area contributed by atoms with Crippen molar-refractivity contribution in [2.45, 2.75) is 13.5 Å². The predicted molar refractivity (Wildman–Crippen MR) is 106 cm³/mol. The first-order valence-corrected chi connectivity index (χ1v) is 8.72. The van der Waals surface area contributed by atoms with Gasteiger partial charge in [0.1, 0.15) is 6.54 Å². The van der Waals surface area contributed by atoms with Crippen LogP contribution >= 0.6 is 12.2 Å². The van der Waals surface area contributed by atoms with Gasteiger partial charge in [-0.2, -0.15) is 4.80 Å². The molecule has 0 aliphatic heterocycles. The Balaban J connectivity index is 1.47. The first-order chi connectivity index (χ1) is 13.5. The minimum atomic E-state index is -0.454. The van der Waals surface area contributed by atoms with Crippen LogP contribution in [0.5, 0.6) is 0 Å². The van der Waals surface area contributed by atoms with E-state index in [1.807, 2.05) is 43.3 Å². The minimum Gasteiger partial charge on any atom is -0.298 e. The summed E-state index contributed by atoms with van der Waals surface area (Å²) < 4.78 is 0. The van der Waals surface area contributed by atoms with E-state index in [0.717, 1.165) is 15.9 Å². The van der Waals surface area contributed by atoms with Gasteiger partial charge in [-0.05, 0) is 36.5 Å². The SMILES string of the molecule is Cc1cccc(C(=O)NC(=S)NNC(=O)Cn2nnc(-c3ccccc3)n2)c1. The van der Waals surface area contributed by atoms with Crippen LogP contribution in [0.25, 0.3) is 11.4 Å². The molecule has 3 rings (SSSR count). The average Bonchev–Trinajstić information content (AvgIpc) is 3.15. The second-order valence-electron chi connectivity index (χ2n) is 5.84. The van der Waals surface area contributed by atoms with Gasteiger partial charge in [0.2, 0.25) is 5.82 Å². The van der Waals surface area contributed by atoms with Crippen molar-refractivity contribution in [1.82, 2.24) is 36.4 Å². The molecule has 0 saturated heterocycles. The van der Waals surface area contributed by atoms with Crippen LogP contribution in [-0.2, 0) is 11.3 Å². The topological polar surface area (TPSA) is 114 Å². The van der Waals surface area contributed by atoms with Gasteiger partial charge in [0.25, 0.3) is 11.8 Å². The molecule has 2 amide bonds. The smallest absolute Gasteiger partial charge is 0.262 e. The number of hydrogen-bond donors (Lipinski definition) is 3. The van der Waals surface area contributed by atoms with Crippen molar-refractivity contribution >= 4 is 29.1 Å². The zero-order valence-electron chi connectivity index (χ0n) is 14.9. The summed E-state index contributed by atoms with van der Waals surface area (Å²) >= 11 is 5.01. The first-order valence-electron chi connectivity index (χ1n) is 8.31. The van der Waals surface area contributed by atoms with Crippen molar-refractivity contribution < 1.29 is 9.59 Å². The molecule has 10 heteroatoms. The second kappa shape index (κ2) is 8.82. The Morgan fingerprint density at radius 3 is 2.61 bits per heavy atom. The highest BCUT2D eigenvalue weighted by molar-refractivity contribution is 7.80. The number of rotatable bonds is 4. The summed E-state index contributed by atoms with van der Waals surface area (Å²) in [5.74, 6) is -0.410. The summed E-state index contributed by atoms with van der Waals surface area (Å²) in [5, 5.41) is 14.4. The Kier molecular flexibility index (Phi) is 6.02. The lowest BCUT2D eigenvalue weighted by atomic mass is 10.1. The highest BCUT2D eigenvalue weighted by Gasteiger charge is 2.11. The molecule has 0 radical (unpaired) electrons. The Hall–Kier alpha value is -3.66. The van der Waals surface area contributed by atoms with Crippen LogP contribution in [0.1, 0.15) is 15.9 Å². The van der Waals surface area contributed by atoms with E-state index in [-0.39, 0.29) is 17.6 Å². The third-order valence-electron chi connectivity index (χ3n) is 3.59. The van der Waals surface area contributed by atoms with E-state index < -0.39 is 5.91 Å². The summed E-state index contributed by atoms with van der Waals surface area (Å²) in [6.45, 7) is 1.72. The van der Waals surface area contributed by atoms with Gasteiger partial charge in [0.15, 0.2) is 5.11 Å². The molecule has 0 aliphatic rings. The highest BCUT2D eigenvalue weighted by Crippen LogP contribution is 2.11. The maximum Gasteiger partial charge on any atom is 0.262 e. The molecule has 2 aromatic carbocycles. The molecule has 0 fully saturated rings. The number of carbonyl (C=O) groups is 2. The zero-order valence-corrected chi connectivity index (χ0v) is 15.7. The summed E-state index contributed by atoms with van der Waals surface area (Å²) in [6.07, 6.45) is 0. The first kappa shape index (κ1) is 19.1. The van der Waals surface area contributed by atoms with Crippen LogP contribution in [0, 0.1) is 6.92 Å². The molecule has 142 valence electrons. The molecular weight excluding hydrogens is 378 g/mol. The van der Waals surface area contributed by atoms with Crippen LogP contribution in [0.4, 0.5) is 0 Å². The second-order valence-corrected chi connectivity index (χ2v) is 6.24. The molecule has 0 bridgehead atoms. The number of aromatic nitrogens is 4. The van der Waals surface area contributed by atoms with Crippen molar-refractivity contribution in [3.05, 3.63) is 65.7 Å². The molecule has 3 N–H and O–H groups in total. The number of benzene rings is 2. The standard InChI is InChI=1S/C18H17N7O2S/c1-12-6-5-9-14(10-12)17(27)19-18(28)22-20-15(26)11-25-23-16(21-24-25)13-7-3-2-4-8-13/h2-10H,11H2,1H3,(H,20,26)(H2,19,22,27,28). The summed E-state index contributed by atoms with van der Waals surface area (Å²) in [6, 6.07) is 16.4. The molecule has 3 aromatic rings. The quantitative estimate of drug-likeness (QED) is 0.446. The van der Waals surface area contributed by atoms with Gasteiger partial charge in [-0.15, -0.1) is 10.2 Å². The van der Waals surface area contributed by atoms with Crippen molar-refractivity contribution in [1.29, 1.82) is 0 Å². The predicted octanol–water partition coefficient (Wildman–Crippen LogP) is 0.984. The Bertz CT molecular complexity index is 1000. The molecule has 0 unspecified atom stereocenters. The summed E-state index contributed by atoms with van der Waals surface area (Å²) in [4.78, 5) is 25.2. The van der Waals surface area contributed by atoms with Crippen molar-refractivity contribution in [3.8, 4) is 11.4 Å². The molecule has 0 aliphatic carbocycles. The third kappa shape index (κ3) is 5.17. The number of nitrogens with one attached hydrogen (secondary N) is 3. The van der Waals surface area contributed by atoms with Crippen molar-refractivity contribution in [2.75, 3.05) is 0 Å². The van der Waals surface area contributed by atoms with Gasteiger partial charge in [-0.25, -0.2) is 0 Å². The number of hydrazine groups is 1. The number of thiocarbonyl (C=S) groups is 1. The molecule has 9 nitrogen and oxygen atoms in total. The van der Waals surface area contributed by atoms with E-state index in [2.05, 4.69) is 31.6 Å². The van der Waals surface area contributed by atoms with Gasteiger partial charge in [0, 0.05) is 11.1 Å². The lowest BCUT2D eigenvalue weighted by Gasteiger charge is -2.10. The highest BCUT2D eigenvalue weighted by atomic mass is 32.1. The van der Waals surface area contributed by atoms with Crippen LogP contribution in [0.3, 0.4) is 0 Å². The normalized spacial score (nSPS) is 10.2. The van der Waals surface area contributed by atoms with E-state index in [9.17, 15) is 9.59 Å². The van der Waals surface area contributed by atoms with Crippen LogP contribution < -0.4 is 16.2 Å². The third-order valence-corrected chi connectivity index (χ3v) is 3.80. The molecule has 1 aromatic heterocycles. The fraction of sp³-hybridized carbons (Fsp3) is 0.111. The number of aryl methyl sites for hydroxylation is 1. The van der Waals surface area contributed by atoms with Crippen LogP contribution in [0.15, 0.2) is 54.6 Å². The Labute approximate surface area is 166 Å². The van der Waals surface area contributed by atoms with E-state index in [4.69, 9.17) is 12.2 Å². The van der Waals surface area contributed by atoms with E-state index in [1.165, 1.54) is 0 Å². The minimum absolute atomic E-state index is 0.0311. The molecule has 1 heterocycles. The van der Waals surface area contributed by atoms with Gasteiger partial charge in [0.05, 0.1) is 0 Å².